The molecule has 2 aromatic rings. The van der Waals surface area contributed by atoms with Crippen LogP contribution in [0.5, 0.6) is 0 Å². The highest BCUT2D eigenvalue weighted by atomic mass is 15.3. The molecule has 4 heteroatoms. The van der Waals surface area contributed by atoms with Crippen molar-refractivity contribution >= 4 is 11.3 Å². The predicted molar refractivity (Wildman–Crippen MR) is 51.4 cm³/mol. The van der Waals surface area contributed by atoms with E-state index in [2.05, 4.69) is 17.0 Å². The van der Waals surface area contributed by atoms with Crippen molar-refractivity contribution in [2.24, 2.45) is 0 Å². The van der Waals surface area contributed by atoms with Crippen LogP contribution in [0.3, 0.4) is 0 Å². The fourth-order valence-corrected chi connectivity index (χ4v) is 1.30. The molecular weight excluding hydrogens is 164 g/mol. The van der Waals surface area contributed by atoms with Crippen LogP contribution in [-0.2, 0) is 6.42 Å². The predicted octanol–water partition coefficient (Wildman–Crippen LogP) is 1.26. The third-order valence-corrected chi connectivity index (χ3v) is 1.91. The van der Waals surface area contributed by atoms with Gasteiger partial charge in [-0.3, -0.25) is 0 Å². The first kappa shape index (κ1) is 8.04. The van der Waals surface area contributed by atoms with Gasteiger partial charge in [-0.05, 0) is 18.6 Å². The Hall–Kier alpha value is -1.58. The summed E-state index contributed by atoms with van der Waals surface area (Å²) in [5.41, 5.74) is 7.18. The third-order valence-electron chi connectivity index (χ3n) is 1.91. The van der Waals surface area contributed by atoms with Crippen molar-refractivity contribution in [3.63, 3.8) is 0 Å². The molecule has 0 unspecified atom stereocenters. The second-order valence-electron chi connectivity index (χ2n) is 3.01. The van der Waals surface area contributed by atoms with Crippen molar-refractivity contribution in [3.8, 4) is 0 Å². The molecule has 68 valence electrons. The lowest BCUT2D eigenvalue weighted by Gasteiger charge is -1.92. The average molecular weight is 176 g/mol. The molecule has 0 saturated heterocycles. The topological polar surface area (TPSA) is 56.2 Å². The number of anilines is 1. The Kier molecular flexibility index (Phi) is 1.88. The van der Waals surface area contributed by atoms with Gasteiger partial charge in [-0.25, -0.2) is 9.50 Å². The molecule has 2 N–H and O–H groups in total. The summed E-state index contributed by atoms with van der Waals surface area (Å²) in [6.07, 6.45) is 3.82. The van der Waals surface area contributed by atoms with Gasteiger partial charge in [0.05, 0.1) is 5.69 Å². The van der Waals surface area contributed by atoms with Crippen molar-refractivity contribution in [1.29, 1.82) is 0 Å². The zero-order valence-electron chi connectivity index (χ0n) is 7.57. The monoisotopic (exact) mass is 176 g/mol. The molecule has 0 spiro atoms. The number of pyridine rings is 1. The van der Waals surface area contributed by atoms with Gasteiger partial charge in [-0.1, -0.05) is 6.92 Å². The summed E-state index contributed by atoms with van der Waals surface area (Å²) in [7, 11) is 0. The molecule has 0 aliphatic heterocycles. The van der Waals surface area contributed by atoms with E-state index < -0.39 is 0 Å². The molecule has 2 aromatic heterocycles. The van der Waals surface area contributed by atoms with Crippen molar-refractivity contribution in [1.82, 2.24) is 14.6 Å². The Labute approximate surface area is 76.4 Å². The number of aryl methyl sites for hydroxylation is 1. The van der Waals surface area contributed by atoms with Gasteiger partial charge in [-0.15, -0.1) is 0 Å². The molecule has 0 aliphatic carbocycles. The first-order valence-corrected chi connectivity index (χ1v) is 4.41. The van der Waals surface area contributed by atoms with Crippen LogP contribution < -0.4 is 5.73 Å². The lowest BCUT2D eigenvalue weighted by atomic mass is 10.3. The fraction of sp³-hybridized carbons (Fsp3) is 0.333. The molecule has 0 aromatic carbocycles. The molecule has 13 heavy (non-hydrogen) atoms. The van der Waals surface area contributed by atoms with E-state index in [0.29, 0.717) is 5.69 Å². The maximum absolute atomic E-state index is 5.74. The molecule has 0 atom stereocenters. The average Bonchev–Trinajstić information content (AvgIpc) is 2.49. The molecule has 0 amide bonds. The zero-order valence-corrected chi connectivity index (χ0v) is 7.57. The van der Waals surface area contributed by atoms with Crippen molar-refractivity contribution in [2.45, 2.75) is 19.8 Å². The third kappa shape index (κ3) is 1.35. The highest BCUT2D eigenvalue weighted by molar-refractivity contribution is 5.63. The van der Waals surface area contributed by atoms with Crippen molar-refractivity contribution in [3.05, 3.63) is 24.2 Å². The van der Waals surface area contributed by atoms with E-state index in [1.807, 2.05) is 18.3 Å². The Morgan fingerprint density at radius 2 is 2.38 bits per heavy atom. The minimum Gasteiger partial charge on any atom is -0.396 e. The normalized spacial score (nSPS) is 10.8. The van der Waals surface area contributed by atoms with E-state index in [-0.39, 0.29) is 0 Å². The van der Waals surface area contributed by atoms with E-state index in [1.165, 1.54) is 0 Å². The highest BCUT2D eigenvalue weighted by Crippen LogP contribution is 2.10. The van der Waals surface area contributed by atoms with Crippen LogP contribution in [0.15, 0.2) is 18.3 Å². The summed E-state index contributed by atoms with van der Waals surface area (Å²) in [4.78, 5) is 4.33. The number of fused-ring (bicyclic) bond motifs is 1. The summed E-state index contributed by atoms with van der Waals surface area (Å²) >= 11 is 0. The molecule has 4 nitrogen and oxygen atoms in total. The van der Waals surface area contributed by atoms with E-state index in [1.54, 1.807) is 4.52 Å². The molecule has 0 radical (unpaired) electrons. The van der Waals surface area contributed by atoms with Gasteiger partial charge in [0.25, 0.3) is 0 Å². The van der Waals surface area contributed by atoms with E-state index >= 15 is 0 Å². The minimum absolute atomic E-state index is 0.678. The number of nitrogen functional groups attached to an aromatic ring is 1. The summed E-state index contributed by atoms with van der Waals surface area (Å²) in [5, 5.41) is 4.29. The van der Waals surface area contributed by atoms with Gasteiger partial charge in [0.1, 0.15) is 0 Å². The molecule has 0 aliphatic rings. The maximum atomic E-state index is 5.74. The number of aromatic nitrogens is 3. The standard InChI is InChI=1S/C9H12N4/c1-2-4-8-11-9-7(10)5-3-6-13(9)12-8/h3,5-6H,2,4,10H2,1H3. The second-order valence-corrected chi connectivity index (χ2v) is 3.01. The molecular formula is C9H12N4. The van der Waals surface area contributed by atoms with E-state index in [4.69, 9.17) is 5.73 Å². The van der Waals surface area contributed by atoms with Crippen molar-refractivity contribution in [2.75, 3.05) is 5.73 Å². The number of rotatable bonds is 2. The number of hydrogen-bond acceptors (Lipinski definition) is 3. The van der Waals surface area contributed by atoms with E-state index in [9.17, 15) is 0 Å². The van der Waals surface area contributed by atoms with Crippen LogP contribution in [0.4, 0.5) is 5.69 Å². The molecule has 0 saturated carbocycles. The molecule has 2 heterocycles. The number of nitrogens with two attached hydrogens (primary N) is 1. The Morgan fingerprint density at radius 3 is 3.08 bits per heavy atom. The minimum atomic E-state index is 0.678. The molecule has 2 rings (SSSR count). The van der Waals surface area contributed by atoms with E-state index in [0.717, 1.165) is 24.3 Å². The first-order valence-electron chi connectivity index (χ1n) is 4.41. The van der Waals surface area contributed by atoms with Gasteiger partial charge in [0.2, 0.25) is 0 Å². The largest absolute Gasteiger partial charge is 0.396 e. The van der Waals surface area contributed by atoms with Gasteiger partial charge < -0.3 is 5.73 Å². The number of nitrogens with zero attached hydrogens (tertiary/aromatic N) is 3. The van der Waals surface area contributed by atoms with Crippen LogP contribution >= 0.6 is 0 Å². The van der Waals surface area contributed by atoms with Crippen LogP contribution in [0, 0.1) is 0 Å². The smallest absolute Gasteiger partial charge is 0.178 e. The van der Waals surface area contributed by atoms with Gasteiger partial charge in [0, 0.05) is 12.6 Å². The Balaban J connectivity index is 2.55. The van der Waals surface area contributed by atoms with Crippen molar-refractivity contribution < 1.29 is 0 Å². The fourth-order valence-electron chi connectivity index (χ4n) is 1.30. The SMILES string of the molecule is CCCc1nc2c(N)cccn2n1. The lowest BCUT2D eigenvalue weighted by molar-refractivity contribution is 0.819. The van der Waals surface area contributed by atoms with Gasteiger partial charge in [0.15, 0.2) is 11.5 Å². The Bertz CT molecular complexity index is 418. The lowest BCUT2D eigenvalue weighted by Crippen LogP contribution is -1.92. The van der Waals surface area contributed by atoms with Gasteiger partial charge in [-0.2, -0.15) is 5.10 Å². The van der Waals surface area contributed by atoms with Crippen LogP contribution in [0.2, 0.25) is 0 Å². The zero-order chi connectivity index (χ0) is 9.26. The van der Waals surface area contributed by atoms with Gasteiger partial charge >= 0.3 is 0 Å². The maximum Gasteiger partial charge on any atom is 0.178 e. The molecule has 0 bridgehead atoms. The Morgan fingerprint density at radius 1 is 1.54 bits per heavy atom. The quantitative estimate of drug-likeness (QED) is 0.749. The van der Waals surface area contributed by atoms with Crippen LogP contribution in [0.25, 0.3) is 5.65 Å². The number of hydrogen-bond donors (Lipinski definition) is 1. The summed E-state index contributed by atoms with van der Waals surface area (Å²) in [5.74, 6) is 0.861. The molecule has 0 fully saturated rings. The first-order chi connectivity index (χ1) is 6.31. The summed E-state index contributed by atoms with van der Waals surface area (Å²) in [6, 6.07) is 3.70. The highest BCUT2D eigenvalue weighted by Gasteiger charge is 2.03. The van der Waals surface area contributed by atoms with Crippen LogP contribution in [-0.4, -0.2) is 14.6 Å². The summed E-state index contributed by atoms with van der Waals surface area (Å²) in [6.45, 7) is 2.11. The van der Waals surface area contributed by atoms with Crippen LogP contribution in [0.1, 0.15) is 19.2 Å². The second kappa shape index (κ2) is 3.05. The summed E-state index contributed by atoms with van der Waals surface area (Å²) < 4.78 is 1.72.